The standard InChI is InChI=1S/C17H26N2O2/c1-2-4-10-19(9-3-1)11-8-18-14-15-6-5-7-16-17(15)21-13-12-20-16/h5-7,18H,1-4,8-14H2. The molecule has 1 aromatic rings. The van der Waals surface area contributed by atoms with E-state index in [2.05, 4.69) is 16.3 Å². The van der Waals surface area contributed by atoms with E-state index >= 15 is 0 Å². The molecule has 0 spiro atoms. The third kappa shape index (κ3) is 4.11. The van der Waals surface area contributed by atoms with Crippen LogP contribution < -0.4 is 14.8 Å². The van der Waals surface area contributed by atoms with Crippen LogP contribution >= 0.6 is 0 Å². The van der Waals surface area contributed by atoms with Gasteiger partial charge in [-0.3, -0.25) is 0 Å². The topological polar surface area (TPSA) is 33.7 Å². The zero-order valence-electron chi connectivity index (χ0n) is 12.8. The second-order valence-electron chi connectivity index (χ2n) is 5.87. The summed E-state index contributed by atoms with van der Waals surface area (Å²) in [6.07, 6.45) is 5.52. The van der Waals surface area contributed by atoms with E-state index < -0.39 is 0 Å². The van der Waals surface area contributed by atoms with Gasteiger partial charge in [0.2, 0.25) is 0 Å². The molecule has 2 aliphatic rings. The van der Waals surface area contributed by atoms with E-state index in [4.69, 9.17) is 9.47 Å². The molecule has 0 radical (unpaired) electrons. The zero-order chi connectivity index (χ0) is 14.3. The molecule has 21 heavy (non-hydrogen) atoms. The van der Waals surface area contributed by atoms with Gasteiger partial charge in [0, 0.05) is 25.2 Å². The van der Waals surface area contributed by atoms with Gasteiger partial charge in [-0.2, -0.15) is 0 Å². The Bertz CT molecular complexity index is 442. The molecule has 1 N–H and O–H groups in total. The third-order valence-electron chi connectivity index (χ3n) is 4.27. The smallest absolute Gasteiger partial charge is 0.165 e. The lowest BCUT2D eigenvalue weighted by Crippen LogP contribution is -2.32. The minimum atomic E-state index is 0.651. The highest BCUT2D eigenvalue weighted by atomic mass is 16.6. The quantitative estimate of drug-likeness (QED) is 0.845. The van der Waals surface area contributed by atoms with Crippen molar-refractivity contribution in [2.75, 3.05) is 39.4 Å². The predicted molar refractivity (Wildman–Crippen MR) is 84.0 cm³/mol. The maximum absolute atomic E-state index is 5.74. The Morgan fingerprint density at radius 3 is 2.67 bits per heavy atom. The Balaban J connectivity index is 1.45. The number of para-hydroxylation sites is 1. The van der Waals surface area contributed by atoms with Gasteiger partial charge in [0.1, 0.15) is 13.2 Å². The van der Waals surface area contributed by atoms with Crippen LogP contribution in [0.15, 0.2) is 18.2 Å². The first-order valence-electron chi connectivity index (χ1n) is 8.24. The minimum Gasteiger partial charge on any atom is -0.486 e. The summed E-state index contributed by atoms with van der Waals surface area (Å²) in [5.74, 6) is 1.80. The maximum Gasteiger partial charge on any atom is 0.165 e. The molecule has 0 atom stereocenters. The normalized spacial score (nSPS) is 19.2. The average molecular weight is 290 g/mol. The second kappa shape index (κ2) is 7.66. The van der Waals surface area contributed by atoms with Gasteiger partial charge >= 0.3 is 0 Å². The highest BCUT2D eigenvalue weighted by Gasteiger charge is 2.15. The molecule has 2 heterocycles. The summed E-state index contributed by atoms with van der Waals surface area (Å²) in [5, 5.41) is 3.54. The minimum absolute atomic E-state index is 0.651. The van der Waals surface area contributed by atoms with E-state index in [-0.39, 0.29) is 0 Å². The number of likely N-dealkylation sites (tertiary alicyclic amines) is 1. The van der Waals surface area contributed by atoms with Crippen LogP contribution in [0.1, 0.15) is 31.2 Å². The number of nitrogens with zero attached hydrogens (tertiary/aromatic N) is 1. The molecule has 116 valence electrons. The van der Waals surface area contributed by atoms with Crippen molar-refractivity contribution in [3.8, 4) is 11.5 Å². The number of benzene rings is 1. The van der Waals surface area contributed by atoms with Crippen LogP contribution in [0.4, 0.5) is 0 Å². The van der Waals surface area contributed by atoms with Crippen molar-refractivity contribution in [3.63, 3.8) is 0 Å². The molecule has 2 aliphatic heterocycles. The average Bonchev–Trinajstić information content (AvgIpc) is 2.80. The maximum atomic E-state index is 5.74. The first kappa shape index (κ1) is 14.7. The van der Waals surface area contributed by atoms with Crippen molar-refractivity contribution in [3.05, 3.63) is 23.8 Å². The molecule has 0 aliphatic carbocycles. The molecular weight excluding hydrogens is 264 g/mol. The van der Waals surface area contributed by atoms with E-state index in [1.165, 1.54) is 44.3 Å². The highest BCUT2D eigenvalue weighted by Crippen LogP contribution is 2.33. The number of hydrogen-bond donors (Lipinski definition) is 1. The SMILES string of the molecule is c1cc(CNCCN2CCCCCC2)c2c(c1)OCCO2. The molecule has 0 unspecified atom stereocenters. The summed E-state index contributed by atoms with van der Waals surface area (Å²) < 4.78 is 11.4. The van der Waals surface area contributed by atoms with Crippen molar-refractivity contribution in [1.82, 2.24) is 10.2 Å². The van der Waals surface area contributed by atoms with Crippen LogP contribution in [-0.4, -0.2) is 44.3 Å². The lowest BCUT2D eigenvalue weighted by molar-refractivity contribution is 0.169. The van der Waals surface area contributed by atoms with Crippen LogP contribution in [-0.2, 0) is 6.54 Å². The molecule has 4 heteroatoms. The Morgan fingerprint density at radius 1 is 1.00 bits per heavy atom. The molecule has 0 amide bonds. The molecule has 1 fully saturated rings. The number of rotatable bonds is 5. The molecule has 0 bridgehead atoms. The monoisotopic (exact) mass is 290 g/mol. The highest BCUT2D eigenvalue weighted by molar-refractivity contribution is 5.47. The zero-order valence-corrected chi connectivity index (χ0v) is 12.8. The molecule has 1 aromatic carbocycles. The van der Waals surface area contributed by atoms with Gasteiger partial charge in [-0.15, -0.1) is 0 Å². The Hall–Kier alpha value is -1.26. The summed E-state index contributed by atoms with van der Waals surface area (Å²) in [6, 6.07) is 6.14. The number of fused-ring (bicyclic) bond motifs is 1. The van der Waals surface area contributed by atoms with Crippen molar-refractivity contribution in [2.24, 2.45) is 0 Å². The number of hydrogen-bond acceptors (Lipinski definition) is 4. The van der Waals surface area contributed by atoms with Crippen LogP contribution in [0.25, 0.3) is 0 Å². The fourth-order valence-corrected chi connectivity index (χ4v) is 3.09. The Labute approximate surface area is 127 Å². The summed E-state index contributed by atoms with van der Waals surface area (Å²) in [4.78, 5) is 2.58. The Kier molecular flexibility index (Phi) is 5.35. The molecular formula is C17H26N2O2. The van der Waals surface area contributed by atoms with Crippen molar-refractivity contribution in [1.29, 1.82) is 0 Å². The van der Waals surface area contributed by atoms with E-state index in [0.29, 0.717) is 13.2 Å². The lowest BCUT2D eigenvalue weighted by Gasteiger charge is -2.22. The predicted octanol–water partition coefficient (Wildman–Crippen LogP) is 2.42. The van der Waals surface area contributed by atoms with Gasteiger partial charge in [0.25, 0.3) is 0 Å². The summed E-state index contributed by atoms with van der Waals surface area (Å²) >= 11 is 0. The molecule has 0 aromatic heterocycles. The molecule has 4 nitrogen and oxygen atoms in total. The van der Waals surface area contributed by atoms with Gasteiger partial charge in [0.05, 0.1) is 0 Å². The lowest BCUT2D eigenvalue weighted by atomic mass is 10.1. The Morgan fingerprint density at radius 2 is 1.81 bits per heavy atom. The second-order valence-corrected chi connectivity index (χ2v) is 5.87. The van der Waals surface area contributed by atoms with Gasteiger partial charge in [-0.25, -0.2) is 0 Å². The molecule has 1 saturated heterocycles. The third-order valence-corrected chi connectivity index (χ3v) is 4.27. The molecule has 3 rings (SSSR count). The number of nitrogens with one attached hydrogen (secondary N) is 1. The van der Waals surface area contributed by atoms with E-state index in [9.17, 15) is 0 Å². The van der Waals surface area contributed by atoms with Crippen LogP contribution in [0.3, 0.4) is 0 Å². The van der Waals surface area contributed by atoms with Gasteiger partial charge in [-0.1, -0.05) is 25.0 Å². The van der Waals surface area contributed by atoms with Crippen LogP contribution in [0.2, 0.25) is 0 Å². The van der Waals surface area contributed by atoms with E-state index in [0.717, 1.165) is 31.1 Å². The van der Waals surface area contributed by atoms with Gasteiger partial charge in [0.15, 0.2) is 11.5 Å². The first-order chi connectivity index (χ1) is 10.4. The largest absolute Gasteiger partial charge is 0.486 e. The molecule has 0 saturated carbocycles. The fraction of sp³-hybridized carbons (Fsp3) is 0.647. The van der Waals surface area contributed by atoms with E-state index in [1.54, 1.807) is 0 Å². The van der Waals surface area contributed by atoms with Gasteiger partial charge in [-0.05, 0) is 32.0 Å². The summed E-state index contributed by atoms with van der Waals surface area (Å²) in [5.41, 5.74) is 1.20. The van der Waals surface area contributed by atoms with Gasteiger partial charge < -0.3 is 19.7 Å². The van der Waals surface area contributed by atoms with Crippen LogP contribution in [0, 0.1) is 0 Å². The van der Waals surface area contributed by atoms with Crippen molar-refractivity contribution >= 4 is 0 Å². The number of ether oxygens (including phenoxy) is 2. The van der Waals surface area contributed by atoms with Crippen molar-refractivity contribution < 1.29 is 9.47 Å². The summed E-state index contributed by atoms with van der Waals surface area (Å²) in [6.45, 7) is 6.85. The van der Waals surface area contributed by atoms with E-state index in [1.807, 2.05) is 12.1 Å². The van der Waals surface area contributed by atoms with Crippen LogP contribution in [0.5, 0.6) is 11.5 Å². The fourth-order valence-electron chi connectivity index (χ4n) is 3.09. The summed E-state index contributed by atoms with van der Waals surface area (Å²) in [7, 11) is 0. The first-order valence-corrected chi connectivity index (χ1v) is 8.24. The van der Waals surface area contributed by atoms with Crippen molar-refractivity contribution in [2.45, 2.75) is 32.2 Å².